The number of aliphatic hydroxyl groups excluding tert-OH is 1. The van der Waals surface area contributed by atoms with E-state index < -0.39 is 77.0 Å². The van der Waals surface area contributed by atoms with Gasteiger partial charge in [-0.05, 0) is 86.0 Å². The number of esters is 1. The molecule has 1 N–H and O–H groups in total. The lowest BCUT2D eigenvalue weighted by Crippen LogP contribution is -2.63. The number of aromatic nitrogens is 3. The third kappa shape index (κ3) is 9.04. The summed E-state index contributed by atoms with van der Waals surface area (Å²) in [4.78, 5) is 71.3. The number of cyclic esters (lactones) is 1. The number of ketones is 2. The van der Waals surface area contributed by atoms with Gasteiger partial charge < -0.3 is 43.3 Å². The van der Waals surface area contributed by atoms with Gasteiger partial charge in [0.2, 0.25) is 0 Å². The molecule has 0 radical (unpaired) electrons. The molecule has 15 nitrogen and oxygen atoms in total. The smallest absolute Gasteiger partial charge is 0.351 e. The Hall–Kier alpha value is -3.83. The van der Waals surface area contributed by atoms with Crippen LogP contribution in [0.25, 0.3) is 11.3 Å². The fourth-order valence-electron chi connectivity index (χ4n) is 9.91. The van der Waals surface area contributed by atoms with Crippen LogP contribution in [0.1, 0.15) is 87.5 Å². The van der Waals surface area contributed by atoms with Crippen LogP contribution in [-0.2, 0) is 39.9 Å². The van der Waals surface area contributed by atoms with Crippen LogP contribution in [0.4, 0.5) is 9.18 Å². The molecule has 5 heterocycles. The van der Waals surface area contributed by atoms with Gasteiger partial charge in [0.05, 0.1) is 41.4 Å². The van der Waals surface area contributed by atoms with Crippen molar-refractivity contribution in [1.29, 1.82) is 0 Å². The third-order valence-corrected chi connectivity index (χ3v) is 13.6. The zero-order valence-electron chi connectivity index (χ0n) is 37.5. The number of carbonyl (C=O) groups excluding carboxylic acids is 4. The van der Waals surface area contributed by atoms with Gasteiger partial charge in [-0.3, -0.25) is 14.6 Å². The zero-order valence-corrected chi connectivity index (χ0v) is 37.5. The molecule has 0 spiro atoms. The molecule has 334 valence electrons. The second-order valence-corrected chi connectivity index (χ2v) is 18.1. The van der Waals surface area contributed by atoms with Crippen molar-refractivity contribution in [2.24, 2.45) is 17.8 Å². The predicted octanol–water partition coefficient (Wildman–Crippen LogP) is 4.94. The van der Waals surface area contributed by atoms with Crippen LogP contribution in [0.5, 0.6) is 0 Å². The second kappa shape index (κ2) is 18.6. The molecule has 0 aliphatic carbocycles. The lowest BCUT2D eigenvalue weighted by molar-refractivity contribution is -0.295. The van der Waals surface area contributed by atoms with Gasteiger partial charge in [0.15, 0.2) is 12.1 Å². The summed E-state index contributed by atoms with van der Waals surface area (Å²) in [5.41, 5.74) is -4.18. The Morgan fingerprint density at radius 2 is 1.73 bits per heavy atom. The summed E-state index contributed by atoms with van der Waals surface area (Å²) in [5, 5.41) is 11.4. The number of amides is 2. The molecule has 3 aliphatic rings. The average Bonchev–Trinajstić information content (AvgIpc) is 3.77. The van der Waals surface area contributed by atoms with Gasteiger partial charge in [0.1, 0.15) is 18.0 Å². The Kier molecular flexibility index (Phi) is 14.7. The highest BCUT2D eigenvalue weighted by Gasteiger charge is 2.62. The number of hydrogen-bond acceptors (Lipinski definition) is 12. The van der Waals surface area contributed by atoms with Crippen LogP contribution < -0.4 is 0 Å². The first-order chi connectivity index (χ1) is 28.1. The van der Waals surface area contributed by atoms with Crippen molar-refractivity contribution >= 4 is 23.6 Å². The SMILES string of the molecule is CC[C@H]1OC(=O)[C@@](C)(F)C(=O)[C@H](C)[C@@H](O[C@@H]2O[C@H](C)C[C@H](N(C)C)[C@H]2O)[C@@](C)(OC)C[C@@H](C)C(=O)[C@H](C)[C@H]2N(CCCCn3cnc(-c4cccnc4)c3)C(=O)N(C)[C@]12C. The van der Waals surface area contributed by atoms with E-state index in [0.717, 1.165) is 18.2 Å². The van der Waals surface area contributed by atoms with Gasteiger partial charge >= 0.3 is 12.0 Å². The van der Waals surface area contributed by atoms with E-state index >= 15 is 4.39 Å². The van der Waals surface area contributed by atoms with E-state index in [1.165, 1.54) is 18.9 Å². The van der Waals surface area contributed by atoms with Crippen LogP contribution in [0.2, 0.25) is 0 Å². The van der Waals surface area contributed by atoms with E-state index in [-0.39, 0.29) is 36.8 Å². The third-order valence-electron chi connectivity index (χ3n) is 13.6. The molecule has 2 aromatic rings. The number of methoxy groups -OCH3 is 1. The minimum absolute atomic E-state index is 0.0221. The van der Waals surface area contributed by atoms with E-state index in [1.54, 1.807) is 65.3 Å². The normalized spacial score (nSPS) is 37.3. The number of aryl methyl sites for hydroxylation is 1. The average molecular weight is 843 g/mol. The first kappa shape index (κ1) is 47.2. The number of Topliss-reactive ketones (excluding diaryl/α,β-unsaturated/α-hetero) is 2. The van der Waals surface area contributed by atoms with Crippen molar-refractivity contribution < 1.29 is 47.6 Å². The molecule has 0 saturated carbocycles. The Morgan fingerprint density at radius 3 is 2.35 bits per heavy atom. The summed E-state index contributed by atoms with van der Waals surface area (Å²) < 4.78 is 43.7. The van der Waals surface area contributed by atoms with Gasteiger partial charge in [-0.25, -0.2) is 19.0 Å². The lowest BCUT2D eigenvalue weighted by Gasteiger charge is -2.48. The van der Waals surface area contributed by atoms with Crippen molar-refractivity contribution in [2.45, 2.75) is 154 Å². The Morgan fingerprint density at radius 1 is 1.05 bits per heavy atom. The number of likely N-dealkylation sites (N-methyl/N-ethyl adjacent to an activating group) is 2. The number of aliphatic hydroxyl groups is 1. The van der Waals surface area contributed by atoms with Crippen LogP contribution in [-0.4, -0.2) is 152 Å². The van der Waals surface area contributed by atoms with E-state index in [4.69, 9.17) is 18.9 Å². The molecule has 3 saturated heterocycles. The lowest BCUT2D eigenvalue weighted by atomic mass is 9.72. The predicted molar refractivity (Wildman–Crippen MR) is 221 cm³/mol. The number of imidazole rings is 1. The maximum absolute atomic E-state index is 17.0. The number of fused-ring (bicyclic) bond motifs is 1. The number of rotatable bonds is 11. The van der Waals surface area contributed by atoms with Crippen LogP contribution in [0, 0.1) is 17.8 Å². The van der Waals surface area contributed by atoms with Crippen molar-refractivity contribution in [3.8, 4) is 11.3 Å². The highest BCUT2D eigenvalue weighted by Crippen LogP contribution is 2.44. The standard InChI is InChI=1S/C44H67FN6O9/c1-13-33-44(8)36(51(41(56)49(44)11)20-15-14-19-50-24-31(47-25-50)30-17-16-18-46-23-30)28(4)34(52)26(2)22-42(6,57-12)38(29(5)37(54)43(7,45)40(55)59-33)60-39-35(53)32(48(9)10)21-27(3)58-39/h16-18,23-29,32-33,35-36,38-39,53H,13-15,19-22H2,1-12H3/t26-,27-,28+,29+,32+,33-,35-,36-,38-,39+,42+,43+,44-/m1/s1. The summed E-state index contributed by atoms with van der Waals surface area (Å²) in [6.07, 6.45) is 4.01. The number of unbranched alkanes of at least 4 members (excludes halogenated alkanes) is 1. The van der Waals surface area contributed by atoms with Gasteiger partial charge in [0, 0.05) is 75.2 Å². The summed E-state index contributed by atoms with van der Waals surface area (Å²) in [6, 6.07) is 2.29. The number of carbonyl (C=O) groups is 4. The topological polar surface area (TPSA) is 166 Å². The van der Waals surface area contributed by atoms with E-state index in [1.807, 2.05) is 48.8 Å². The van der Waals surface area contributed by atoms with Crippen molar-refractivity contribution in [2.75, 3.05) is 34.8 Å². The number of urea groups is 1. The highest BCUT2D eigenvalue weighted by atomic mass is 19.1. The molecule has 0 aromatic carbocycles. The van der Waals surface area contributed by atoms with Crippen LogP contribution >= 0.6 is 0 Å². The molecule has 0 bridgehead atoms. The van der Waals surface area contributed by atoms with Gasteiger partial charge in [-0.1, -0.05) is 27.7 Å². The summed E-state index contributed by atoms with van der Waals surface area (Å²) in [6.45, 7) is 13.9. The largest absolute Gasteiger partial charge is 0.457 e. The minimum atomic E-state index is -3.15. The number of pyridine rings is 1. The fraction of sp³-hybridized carbons (Fsp3) is 0.727. The number of hydrogen-bond donors (Lipinski definition) is 1. The molecule has 3 fully saturated rings. The molecule has 2 aromatic heterocycles. The second-order valence-electron chi connectivity index (χ2n) is 18.1. The summed E-state index contributed by atoms with van der Waals surface area (Å²) in [5.74, 6) is -5.54. The monoisotopic (exact) mass is 842 g/mol. The maximum Gasteiger partial charge on any atom is 0.351 e. The number of ether oxygens (including phenoxy) is 4. The highest BCUT2D eigenvalue weighted by molar-refractivity contribution is 6.08. The van der Waals surface area contributed by atoms with Crippen LogP contribution in [0.15, 0.2) is 37.1 Å². The summed E-state index contributed by atoms with van der Waals surface area (Å²) >= 11 is 0. The number of alkyl halides is 1. The quantitative estimate of drug-likeness (QED) is 0.184. The molecule has 3 aliphatic heterocycles. The Labute approximate surface area is 354 Å². The Balaban J connectivity index is 1.48. The summed E-state index contributed by atoms with van der Waals surface area (Å²) in [7, 11) is 6.69. The van der Waals surface area contributed by atoms with E-state index in [9.17, 15) is 24.3 Å². The van der Waals surface area contributed by atoms with Gasteiger partial charge in [0.25, 0.3) is 5.67 Å². The van der Waals surface area contributed by atoms with Crippen molar-refractivity contribution in [3.63, 3.8) is 0 Å². The molecule has 13 atom stereocenters. The van der Waals surface area contributed by atoms with Gasteiger partial charge in [-0.15, -0.1) is 0 Å². The first-order valence-electron chi connectivity index (χ1n) is 21.3. The first-order valence-corrected chi connectivity index (χ1v) is 21.3. The van der Waals surface area contributed by atoms with E-state index in [0.29, 0.717) is 32.4 Å². The maximum atomic E-state index is 17.0. The molecule has 5 rings (SSSR count). The van der Waals surface area contributed by atoms with E-state index in [2.05, 4.69) is 9.97 Å². The minimum Gasteiger partial charge on any atom is -0.457 e. The molecule has 60 heavy (non-hydrogen) atoms. The number of nitrogens with zero attached hydrogens (tertiary/aromatic N) is 6. The molecular weight excluding hydrogens is 776 g/mol. The van der Waals surface area contributed by atoms with Gasteiger partial charge in [-0.2, -0.15) is 0 Å². The molecule has 0 unspecified atom stereocenters. The molecule has 16 heteroatoms. The van der Waals surface area contributed by atoms with Crippen LogP contribution in [0.3, 0.4) is 0 Å². The fourth-order valence-corrected chi connectivity index (χ4v) is 9.91. The number of halogens is 1. The van der Waals surface area contributed by atoms with Crippen molar-refractivity contribution in [1.82, 2.24) is 29.2 Å². The zero-order chi connectivity index (χ0) is 44.5. The molecule has 2 amide bonds. The van der Waals surface area contributed by atoms with Crippen molar-refractivity contribution in [3.05, 3.63) is 37.1 Å². The Bertz CT molecular complexity index is 1830. The molecular formula is C44H67FN6O9.